The van der Waals surface area contributed by atoms with Crippen molar-refractivity contribution in [3.63, 3.8) is 0 Å². The molecular weight excluding hydrogens is 418 g/mol. The summed E-state index contributed by atoms with van der Waals surface area (Å²) in [5.74, 6) is 2.20. The van der Waals surface area contributed by atoms with Gasteiger partial charge in [-0.2, -0.15) is 0 Å². The van der Waals surface area contributed by atoms with E-state index >= 15 is 0 Å². The van der Waals surface area contributed by atoms with Crippen molar-refractivity contribution in [3.8, 4) is 0 Å². The molecule has 6 nitrogen and oxygen atoms in total. The number of carbonyl (C=O) groups excluding carboxylic acids is 1. The van der Waals surface area contributed by atoms with E-state index in [-0.39, 0.29) is 11.9 Å². The Morgan fingerprint density at radius 1 is 1.11 bits per heavy atom. The van der Waals surface area contributed by atoms with Crippen LogP contribution in [0.1, 0.15) is 38.2 Å². The molecule has 1 aromatic heterocycles. The monoisotopic (exact) mass is 445 g/mol. The molecule has 1 atom stereocenters. The summed E-state index contributed by atoms with van der Waals surface area (Å²) in [6.45, 7) is 11.6. The van der Waals surface area contributed by atoms with E-state index in [9.17, 15) is 4.79 Å². The number of hydrogen-bond acceptors (Lipinski definition) is 5. The maximum absolute atomic E-state index is 12.6. The predicted molar refractivity (Wildman–Crippen MR) is 117 cm³/mol. The van der Waals surface area contributed by atoms with Gasteiger partial charge in [0.15, 0.2) is 0 Å². The Morgan fingerprint density at radius 2 is 1.82 bits per heavy atom. The van der Waals surface area contributed by atoms with Crippen LogP contribution in [0.5, 0.6) is 0 Å². The lowest BCUT2D eigenvalue weighted by molar-refractivity contribution is -0.120. The van der Waals surface area contributed by atoms with E-state index in [0.717, 1.165) is 53.7 Å². The van der Waals surface area contributed by atoms with Crippen LogP contribution in [0.3, 0.4) is 0 Å². The highest BCUT2D eigenvalue weighted by atomic mass is 79.9. The second kappa shape index (κ2) is 9.01. The number of piperazine rings is 1. The summed E-state index contributed by atoms with van der Waals surface area (Å²) < 4.78 is 0.951. The minimum Gasteiger partial charge on any atom is -0.354 e. The van der Waals surface area contributed by atoms with Gasteiger partial charge in [-0.15, -0.1) is 0 Å². The lowest BCUT2D eigenvalue weighted by Crippen LogP contribution is -2.53. The molecule has 0 radical (unpaired) electrons. The Balaban J connectivity index is 1.59. The van der Waals surface area contributed by atoms with Crippen LogP contribution in [0.25, 0.3) is 0 Å². The molecule has 1 aliphatic heterocycles. The highest BCUT2D eigenvalue weighted by Gasteiger charge is 2.26. The van der Waals surface area contributed by atoms with E-state index in [1.54, 1.807) is 0 Å². The number of hydrogen-bond donors (Lipinski definition) is 1. The molecule has 28 heavy (non-hydrogen) atoms. The van der Waals surface area contributed by atoms with E-state index in [1.165, 1.54) is 0 Å². The third kappa shape index (κ3) is 5.08. The molecule has 7 heteroatoms. The quantitative estimate of drug-likeness (QED) is 0.757. The van der Waals surface area contributed by atoms with Gasteiger partial charge in [0.25, 0.3) is 0 Å². The molecule has 2 aromatic rings. The van der Waals surface area contributed by atoms with Gasteiger partial charge in [-0.25, -0.2) is 9.97 Å². The number of rotatable bonds is 5. The number of aryl methyl sites for hydroxylation is 1. The summed E-state index contributed by atoms with van der Waals surface area (Å²) in [5.41, 5.74) is 1.81. The van der Waals surface area contributed by atoms with Gasteiger partial charge in [0, 0.05) is 54.0 Å². The fourth-order valence-electron chi connectivity index (χ4n) is 3.31. The molecular formula is C21H28BrN5O. The van der Waals surface area contributed by atoms with Crippen molar-refractivity contribution in [3.05, 3.63) is 46.3 Å². The first-order valence-corrected chi connectivity index (χ1v) is 10.5. The smallest absolute Gasteiger partial charge is 0.241 e. The van der Waals surface area contributed by atoms with Crippen molar-refractivity contribution in [2.75, 3.05) is 36.4 Å². The number of anilines is 2. The van der Waals surface area contributed by atoms with Gasteiger partial charge in [-0.1, -0.05) is 35.8 Å². The third-order valence-electron chi connectivity index (χ3n) is 5.03. The van der Waals surface area contributed by atoms with Gasteiger partial charge in [0.2, 0.25) is 5.91 Å². The molecule has 0 spiro atoms. The largest absolute Gasteiger partial charge is 0.354 e. The van der Waals surface area contributed by atoms with E-state index in [0.29, 0.717) is 5.92 Å². The van der Waals surface area contributed by atoms with Crippen LogP contribution in [0.4, 0.5) is 11.5 Å². The minimum absolute atomic E-state index is 0.0199. The molecule has 1 aliphatic rings. The van der Waals surface area contributed by atoms with Crippen molar-refractivity contribution in [2.45, 2.75) is 39.7 Å². The van der Waals surface area contributed by atoms with E-state index in [2.05, 4.69) is 49.9 Å². The van der Waals surface area contributed by atoms with Gasteiger partial charge in [0.1, 0.15) is 11.6 Å². The molecule has 1 amide bonds. The van der Waals surface area contributed by atoms with E-state index < -0.39 is 0 Å². The predicted octanol–water partition coefficient (Wildman–Crippen LogP) is 3.82. The summed E-state index contributed by atoms with van der Waals surface area (Å²) in [5, 5.41) is 3.01. The molecule has 0 unspecified atom stereocenters. The Kier molecular flexibility index (Phi) is 6.67. The first kappa shape index (κ1) is 20.7. The fourth-order valence-corrected chi connectivity index (χ4v) is 3.71. The Hall–Kier alpha value is -1.99. The van der Waals surface area contributed by atoms with Crippen molar-refractivity contribution in [1.29, 1.82) is 0 Å². The van der Waals surface area contributed by atoms with Crippen LogP contribution in [-0.4, -0.2) is 53.0 Å². The minimum atomic E-state index is -0.181. The average Bonchev–Trinajstić information content (AvgIpc) is 2.67. The summed E-state index contributed by atoms with van der Waals surface area (Å²) in [6, 6.07) is 9.53. The number of halogens is 1. The zero-order valence-electron chi connectivity index (χ0n) is 16.9. The van der Waals surface area contributed by atoms with Crippen LogP contribution in [-0.2, 0) is 4.79 Å². The Bertz CT molecular complexity index is 833. The fraction of sp³-hybridized carbons (Fsp3) is 0.476. The molecule has 0 aliphatic carbocycles. The first-order valence-electron chi connectivity index (χ1n) is 9.74. The molecule has 1 saturated heterocycles. The zero-order chi connectivity index (χ0) is 20.3. The molecule has 1 aromatic carbocycles. The van der Waals surface area contributed by atoms with Gasteiger partial charge < -0.3 is 10.2 Å². The van der Waals surface area contributed by atoms with Gasteiger partial charge in [0.05, 0.1) is 6.04 Å². The third-order valence-corrected chi connectivity index (χ3v) is 5.53. The standard InChI is InChI=1S/C21H28BrN5O/c1-14(2)20-23-15(3)12-19(25-20)27-10-8-26(9-11-27)16(4)21(28)24-18-7-5-6-17(22)13-18/h5-7,12-14,16H,8-11H2,1-4H3,(H,24,28)/t16-/m0/s1. The molecule has 1 fully saturated rings. The van der Waals surface area contributed by atoms with Gasteiger partial charge >= 0.3 is 0 Å². The van der Waals surface area contributed by atoms with E-state index in [4.69, 9.17) is 4.98 Å². The number of nitrogens with zero attached hydrogens (tertiary/aromatic N) is 4. The summed E-state index contributed by atoms with van der Waals surface area (Å²) in [6.07, 6.45) is 0. The van der Waals surface area contributed by atoms with Crippen molar-refractivity contribution in [1.82, 2.24) is 14.9 Å². The van der Waals surface area contributed by atoms with Gasteiger partial charge in [-0.05, 0) is 32.0 Å². The lowest BCUT2D eigenvalue weighted by Gasteiger charge is -2.38. The SMILES string of the molecule is Cc1cc(N2CCN([C@@H](C)C(=O)Nc3cccc(Br)c3)CC2)nc(C(C)C)n1. The second-order valence-corrected chi connectivity index (χ2v) is 8.49. The normalized spacial score (nSPS) is 16.3. The number of benzene rings is 1. The Morgan fingerprint density at radius 3 is 2.46 bits per heavy atom. The highest BCUT2D eigenvalue weighted by Crippen LogP contribution is 2.20. The second-order valence-electron chi connectivity index (χ2n) is 7.58. The van der Waals surface area contributed by atoms with Crippen molar-refractivity contribution >= 4 is 33.3 Å². The maximum Gasteiger partial charge on any atom is 0.241 e. The van der Waals surface area contributed by atoms with Crippen LogP contribution in [0, 0.1) is 6.92 Å². The number of nitrogens with one attached hydrogen (secondary N) is 1. The van der Waals surface area contributed by atoms with Crippen LogP contribution in [0.2, 0.25) is 0 Å². The molecule has 3 rings (SSSR count). The average molecular weight is 446 g/mol. The molecule has 1 N–H and O–H groups in total. The number of amides is 1. The maximum atomic E-state index is 12.6. The molecule has 0 saturated carbocycles. The molecule has 150 valence electrons. The number of carbonyl (C=O) groups is 1. The topological polar surface area (TPSA) is 61.4 Å². The van der Waals surface area contributed by atoms with Crippen LogP contribution >= 0.6 is 15.9 Å². The Labute approximate surface area is 175 Å². The van der Waals surface area contributed by atoms with Gasteiger partial charge in [-0.3, -0.25) is 9.69 Å². The lowest BCUT2D eigenvalue weighted by atomic mass is 10.2. The van der Waals surface area contributed by atoms with Crippen LogP contribution < -0.4 is 10.2 Å². The highest BCUT2D eigenvalue weighted by molar-refractivity contribution is 9.10. The summed E-state index contributed by atoms with van der Waals surface area (Å²) in [4.78, 5) is 26.4. The van der Waals surface area contributed by atoms with Crippen molar-refractivity contribution < 1.29 is 4.79 Å². The molecule has 0 bridgehead atoms. The van der Waals surface area contributed by atoms with Crippen molar-refractivity contribution in [2.24, 2.45) is 0 Å². The van der Waals surface area contributed by atoms with E-state index in [1.807, 2.05) is 44.2 Å². The van der Waals surface area contributed by atoms with Crippen LogP contribution in [0.15, 0.2) is 34.8 Å². The first-order chi connectivity index (χ1) is 13.3. The molecule has 2 heterocycles. The summed E-state index contributed by atoms with van der Waals surface area (Å²) in [7, 11) is 0. The zero-order valence-corrected chi connectivity index (χ0v) is 18.5. The number of aromatic nitrogens is 2. The summed E-state index contributed by atoms with van der Waals surface area (Å²) >= 11 is 3.44.